The standard InChI is InChI=1S/C12H16N2O2S2/c13-12(14)7-1-3-8(4-2-7)18-11-5-9(15)10(16)6-17-11/h1-4,9-11,15-16H,5-6H2,(H3,13,14)/t9-,10-,11+/m1/s1. The lowest BCUT2D eigenvalue weighted by atomic mass is 10.2. The van der Waals surface area contributed by atoms with Crippen molar-refractivity contribution in [3.05, 3.63) is 29.8 Å². The van der Waals surface area contributed by atoms with Crippen molar-refractivity contribution in [3.63, 3.8) is 0 Å². The Labute approximate surface area is 114 Å². The van der Waals surface area contributed by atoms with Gasteiger partial charge in [-0.15, -0.1) is 23.5 Å². The summed E-state index contributed by atoms with van der Waals surface area (Å²) in [5.74, 6) is 0.641. The number of benzene rings is 1. The van der Waals surface area contributed by atoms with E-state index in [1.54, 1.807) is 23.5 Å². The molecule has 3 atom stereocenters. The first kappa shape index (κ1) is 13.7. The summed E-state index contributed by atoms with van der Waals surface area (Å²) in [4.78, 5) is 1.08. The Morgan fingerprint density at radius 2 is 1.94 bits per heavy atom. The second-order valence-electron chi connectivity index (χ2n) is 4.19. The lowest BCUT2D eigenvalue weighted by Gasteiger charge is -2.29. The number of rotatable bonds is 3. The van der Waals surface area contributed by atoms with Crippen LogP contribution in [0.4, 0.5) is 0 Å². The van der Waals surface area contributed by atoms with Gasteiger partial charge >= 0.3 is 0 Å². The molecule has 2 rings (SSSR count). The third kappa shape index (κ3) is 3.41. The van der Waals surface area contributed by atoms with Crippen molar-refractivity contribution >= 4 is 29.4 Å². The minimum Gasteiger partial charge on any atom is -0.390 e. The van der Waals surface area contributed by atoms with Gasteiger partial charge in [-0.2, -0.15) is 0 Å². The first-order valence-electron chi connectivity index (χ1n) is 5.65. The summed E-state index contributed by atoms with van der Waals surface area (Å²) in [6, 6.07) is 7.51. The zero-order valence-electron chi connectivity index (χ0n) is 9.74. The molecule has 0 radical (unpaired) electrons. The second-order valence-corrected chi connectivity index (χ2v) is 7.00. The largest absolute Gasteiger partial charge is 0.390 e. The van der Waals surface area contributed by atoms with E-state index in [2.05, 4.69) is 0 Å². The maximum absolute atomic E-state index is 9.62. The van der Waals surface area contributed by atoms with E-state index in [9.17, 15) is 10.2 Å². The van der Waals surface area contributed by atoms with Gasteiger partial charge in [-0.1, -0.05) is 12.1 Å². The number of hydrogen-bond acceptors (Lipinski definition) is 5. The molecule has 1 aliphatic heterocycles. The number of aliphatic hydroxyl groups excluding tert-OH is 2. The fourth-order valence-corrected chi connectivity index (χ4v) is 4.38. The Morgan fingerprint density at radius 3 is 2.50 bits per heavy atom. The molecular formula is C12H16N2O2S2. The van der Waals surface area contributed by atoms with Crippen LogP contribution in [0.3, 0.4) is 0 Å². The van der Waals surface area contributed by atoms with Crippen LogP contribution in [-0.2, 0) is 0 Å². The van der Waals surface area contributed by atoms with Crippen molar-refractivity contribution in [1.82, 2.24) is 0 Å². The molecule has 0 bridgehead atoms. The van der Waals surface area contributed by atoms with Crippen LogP contribution in [0.5, 0.6) is 0 Å². The third-order valence-corrected chi connectivity index (χ3v) is 5.56. The Morgan fingerprint density at radius 1 is 1.28 bits per heavy atom. The maximum Gasteiger partial charge on any atom is 0.122 e. The Bertz CT molecular complexity index is 425. The normalized spacial score (nSPS) is 28.0. The average molecular weight is 284 g/mol. The summed E-state index contributed by atoms with van der Waals surface area (Å²) < 4.78 is 0.256. The van der Waals surface area contributed by atoms with Gasteiger partial charge in [0.15, 0.2) is 0 Å². The van der Waals surface area contributed by atoms with E-state index in [0.29, 0.717) is 17.7 Å². The zero-order valence-corrected chi connectivity index (χ0v) is 11.4. The van der Waals surface area contributed by atoms with E-state index >= 15 is 0 Å². The van der Waals surface area contributed by atoms with Gasteiger partial charge in [0.1, 0.15) is 5.84 Å². The summed E-state index contributed by atoms with van der Waals surface area (Å²) in [5, 5.41) is 26.4. The van der Waals surface area contributed by atoms with E-state index < -0.39 is 12.2 Å². The average Bonchev–Trinajstić information content (AvgIpc) is 2.34. The molecule has 18 heavy (non-hydrogen) atoms. The van der Waals surface area contributed by atoms with Crippen LogP contribution in [-0.4, -0.2) is 38.6 Å². The molecule has 1 fully saturated rings. The summed E-state index contributed by atoms with van der Waals surface area (Å²) in [5.41, 5.74) is 6.11. The van der Waals surface area contributed by atoms with E-state index in [0.717, 1.165) is 4.90 Å². The van der Waals surface area contributed by atoms with Gasteiger partial charge in [-0.3, -0.25) is 5.41 Å². The summed E-state index contributed by atoms with van der Waals surface area (Å²) in [6.45, 7) is 0. The fraction of sp³-hybridized carbons (Fsp3) is 0.417. The summed E-state index contributed by atoms with van der Waals surface area (Å²) in [6.07, 6.45) is -0.641. The first-order chi connectivity index (χ1) is 8.56. The number of nitrogens with one attached hydrogen (secondary N) is 1. The molecule has 0 saturated carbocycles. The molecule has 0 aromatic heterocycles. The molecule has 5 N–H and O–H groups in total. The predicted octanol–water partition coefficient (Wildman–Crippen LogP) is 1.25. The van der Waals surface area contributed by atoms with Crippen molar-refractivity contribution in [1.29, 1.82) is 5.41 Å². The van der Waals surface area contributed by atoms with Crippen molar-refractivity contribution in [3.8, 4) is 0 Å². The Kier molecular flexibility index (Phi) is 4.55. The Balaban J connectivity index is 1.95. The monoisotopic (exact) mass is 284 g/mol. The number of thioether (sulfide) groups is 2. The van der Waals surface area contributed by atoms with Gasteiger partial charge in [-0.25, -0.2) is 0 Å². The van der Waals surface area contributed by atoms with Gasteiger partial charge in [0.25, 0.3) is 0 Å². The molecule has 98 valence electrons. The van der Waals surface area contributed by atoms with Gasteiger partial charge in [0.05, 0.1) is 16.8 Å². The molecule has 0 unspecified atom stereocenters. The molecule has 0 aliphatic carbocycles. The van der Waals surface area contributed by atoms with Crippen LogP contribution >= 0.6 is 23.5 Å². The SMILES string of the molecule is N=C(N)c1ccc(S[C@H]2C[C@@H](O)[C@H](O)CS2)cc1. The van der Waals surface area contributed by atoms with Crippen LogP contribution in [0.2, 0.25) is 0 Å². The highest BCUT2D eigenvalue weighted by Gasteiger charge is 2.28. The minimum absolute atomic E-state index is 0.0668. The van der Waals surface area contributed by atoms with E-state index in [1.807, 2.05) is 24.3 Å². The minimum atomic E-state index is -0.625. The molecule has 1 heterocycles. The molecule has 0 amide bonds. The van der Waals surface area contributed by atoms with E-state index in [1.165, 1.54) is 0 Å². The van der Waals surface area contributed by atoms with Crippen molar-refractivity contribution in [2.75, 3.05) is 5.75 Å². The molecule has 1 aromatic carbocycles. The van der Waals surface area contributed by atoms with Crippen molar-refractivity contribution < 1.29 is 10.2 Å². The smallest absolute Gasteiger partial charge is 0.122 e. The van der Waals surface area contributed by atoms with Crippen LogP contribution in [0.25, 0.3) is 0 Å². The molecule has 0 spiro atoms. The maximum atomic E-state index is 9.62. The molecular weight excluding hydrogens is 268 g/mol. The second kappa shape index (κ2) is 5.97. The molecule has 1 saturated heterocycles. The highest BCUT2D eigenvalue weighted by atomic mass is 32.2. The zero-order chi connectivity index (χ0) is 13.1. The molecule has 1 aliphatic rings. The van der Waals surface area contributed by atoms with Gasteiger partial charge in [0.2, 0.25) is 0 Å². The molecule has 1 aromatic rings. The molecule has 4 nitrogen and oxygen atoms in total. The predicted molar refractivity (Wildman–Crippen MR) is 76.2 cm³/mol. The van der Waals surface area contributed by atoms with Crippen LogP contribution in [0.1, 0.15) is 12.0 Å². The highest BCUT2D eigenvalue weighted by Crippen LogP contribution is 2.38. The van der Waals surface area contributed by atoms with Gasteiger partial charge in [-0.05, 0) is 18.6 Å². The van der Waals surface area contributed by atoms with Crippen molar-refractivity contribution in [2.24, 2.45) is 5.73 Å². The topological polar surface area (TPSA) is 90.3 Å². The van der Waals surface area contributed by atoms with Crippen LogP contribution in [0.15, 0.2) is 29.2 Å². The van der Waals surface area contributed by atoms with Gasteiger partial charge < -0.3 is 15.9 Å². The first-order valence-corrected chi connectivity index (χ1v) is 7.58. The number of aliphatic hydroxyl groups is 2. The highest BCUT2D eigenvalue weighted by molar-refractivity contribution is 8.17. The van der Waals surface area contributed by atoms with Crippen LogP contribution < -0.4 is 5.73 Å². The quantitative estimate of drug-likeness (QED) is 0.495. The lowest BCUT2D eigenvalue weighted by molar-refractivity contribution is 0.0283. The van der Waals surface area contributed by atoms with E-state index in [-0.39, 0.29) is 10.4 Å². The number of nitrogens with two attached hydrogens (primary N) is 1. The molecule has 6 heteroatoms. The third-order valence-electron chi connectivity index (χ3n) is 2.76. The van der Waals surface area contributed by atoms with E-state index in [4.69, 9.17) is 11.1 Å². The number of amidine groups is 1. The Hall–Kier alpha value is -0.690. The number of nitrogen functional groups attached to an aromatic ring is 1. The van der Waals surface area contributed by atoms with Crippen LogP contribution in [0, 0.1) is 5.41 Å². The number of hydrogen-bond donors (Lipinski definition) is 4. The summed E-state index contributed by atoms with van der Waals surface area (Å²) in [7, 11) is 0. The summed E-state index contributed by atoms with van der Waals surface area (Å²) >= 11 is 3.34. The van der Waals surface area contributed by atoms with Gasteiger partial charge in [0, 0.05) is 16.2 Å². The lowest BCUT2D eigenvalue weighted by Crippen LogP contribution is -2.35. The van der Waals surface area contributed by atoms with Crippen molar-refractivity contribution in [2.45, 2.75) is 28.1 Å². The fourth-order valence-electron chi connectivity index (χ4n) is 1.69.